The molecular weight excluding hydrogens is 472 g/mol. The number of aryl methyl sites for hydroxylation is 1. The average Bonchev–Trinajstić information content (AvgIpc) is 3.26. The molecule has 186 valence electrons. The van der Waals surface area contributed by atoms with Crippen LogP contribution in [0.25, 0.3) is 22.4 Å². The van der Waals surface area contributed by atoms with E-state index in [1.54, 1.807) is 17.7 Å². The lowest BCUT2D eigenvalue weighted by Gasteiger charge is -2.28. The van der Waals surface area contributed by atoms with E-state index in [9.17, 15) is 4.79 Å². The van der Waals surface area contributed by atoms with Crippen molar-refractivity contribution in [2.24, 2.45) is 5.41 Å². The maximum atomic E-state index is 13.1. The number of nitrogens with zero attached hydrogens (tertiary/aromatic N) is 6. The Balaban J connectivity index is 1.41. The fourth-order valence-electron chi connectivity index (χ4n) is 5.12. The normalized spacial score (nSPS) is 19.8. The number of fused-ring (bicyclic) bond motifs is 1. The Labute approximate surface area is 213 Å². The SMILES string of the molecule is CCc1cc(-c2cscn2)cc(N2CC[C@](C)(C(=O)NC3CC3)C2)c1Cn1cnc2c(N)ncnc21. The first-order chi connectivity index (χ1) is 17.4. The molecule has 1 atom stereocenters. The summed E-state index contributed by atoms with van der Waals surface area (Å²) in [6, 6.07) is 4.84. The molecule has 1 aliphatic carbocycles. The standard InChI is InChI=1S/C26H30N8OS/c1-3-16-8-17(20-11-36-15-31-20)9-21(33-7-6-26(2,12-33)25(35)32-18-4-5-18)19(16)10-34-14-30-22-23(27)28-13-29-24(22)34/h8-9,11,13-15,18H,3-7,10,12H2,1-2H3,(H,32,35)(H2,27,28,29)/t26-/m0/s1. The lowest BCUT2D eigenvalue weighted by Crippen LogP contribution is -2.42. The molecule has 0 spiro atoms. The molecule has 4 heterocycles. The van der Waals surface area contributed by atoms with Gasteiger partial charge in [0.05, 0.1) is 29.5 Å². The number of thiazole rings is 1. The van der Waals surface area contributed by atoms with Gasteiger partial charge in [0.15, 0.2) is 11.5 Å². The van der Waals surface area contributed by atoms with Gasteiger partial charge in [-0.2, -0.15) is 0 Å². The second-order valence-corrected chi connectivity index (χ2v) is 10.9. The van der Waals surface area contributed by atoms with E-state index in [-0.39, 0.29) is 5.91 Å². The number of carbonyl (C=O) groups excluding carboxylic acids is 1. The largest absolute Gasteiger partial charge is 0.382 e. The molecular formula is C26H30N8OS. The fourth-order valence-corrected chi connectivity index (χ4v) is 5.68. The predicted molar refractivity (Wildman–Crippen MR) is 142 cm³/mol. The first-order valence-corrected chi connectivity index (χ1v) is 13.4. The maximum absolute atomic E-state index is 13.1. The molecule has 1 aromatic carbocycles. The minimum Gasteiger partial charge on any atom is -0.382 e. The van der Waals surface area contributed by atoms with Crippen molar-refractivity contribution >= 4 is 39.9 Å². The zero-order valence-corrected chi connectivity index (χ0v) is 21.4. The number of imidazole rings is 1. The van der Waals surface area contributed by atoms with E-state index in [1.807, 2.05) is 10.1 Å². The van der Waals surface area contributed by atoms with E-state index < -0.39 is 5.41 Å². The Morgan fingerprint density at radius 3 is 2.86 bits per heavy atom. The second kappa shape index (κ2) is 8.85. The number of carbonyl (C=O) groups is 1. The molecule has 9 nitrogen and oxygen atoms in total. The molecule has 0 bridgehead atoms. The van der Waals surface area contributed by atoms with Crippen LogP contribution >= 0.6 is 11.3 Å². The van der Waals surface area contributed by atoms with Crippen LogP contribution in [0.15, 0.2) is 35.7 Å². The third-order valence-electron chi connectivity index (χ3n) is 7.46. The van der Waals surface area contributed by atoms with Crippen LogP contribution in [0.1, 0.15) is 44.2 Å². The van der Waals surface area contributed by atoms with Gasteiger partial charge in [-0.15, -0.1) is 11.3 Å². The number of hydrogen-bond acceptors (Lipinski definition) is 8. The second-order valence-electron chi connectivity index (χ2n) is 10.1. The highest BCUT2D eigenvalue weighted by Gasteiger charge is 2.42. The Morgan fingerprint density at radius 1 is 1.25 bits per heavy atom. The zero-order chi connectivity index (χ0) is 24.9. The molecule has 0 radical (unpaired) electrons. The highest BCUT2D eigenvalue weighted by atomic mass is 32.1. The molecule has 1 amide bonds. The third-order valence-corrected chi connectivity index (χ3v) is 8.05. The summed E-state index contributed by atoms with van der Waals surface area (Å²) in [4.78, 5) is 33.1. The van der Waals surface area contributed by atoms with Crippen LogP contribution < -0.4 is 16.0 Å². The zero-order valence-electron chi connectivity index (χ0n) is 20.6. The van der Waals surface area contributed by atoms with Crippen molar-refractivity contribution in [1.29, 1.82) is 0 Å². The molecule has 4 aromatic rings. The highest BCUT2D eigenvalue weighted by molar-refractivity contribution is 7.07. The summed E-state index contributed by atoms with van der Waals surface area (Å²) in [6.07, 6.45) is 7.15. The summed E-state index contributed by atoms with van der Waals surface area (Å²) in [5.74, 6) is 0.554. The van der Waals surface area contributed by atoms with Gasteiger partial charge >= 0.3 is 0 Å². The number of nitrogens with one attached hydrogen (secondary N) is 1. The minimum atomic E-state index is -0.410. The lowest BCUT2D eigenvalue weighted by molar-refractivity contribution is -0.129. The molecule has 1 saturated heterocycles. The van der Waals surface area contributed by atoms with Crippen LogP contribution in [0, 0.1) is 5.41 Å². The van der Waals surface area contributed by atoms with Gasteiger partial charge in [-0.25, -0.2) is 19.9 Å². The number of aromatic nitrogens is 5. The first-order valence-electron chi connectivity index (χ1n) is 12.5. The van der Waals surface area contributed by atoms with Gasteiger partial charge in [-0.3, -0.25) is 4.79 Å². The van der Waals surface area contributed by atoms with Crippen LogP contribution in [0.4, 0.5) is 11.5 Å². The van der Waals surface area contributed by atoms with E-state index in [0.717, 1.165) is 49.2 Å². The summed E-state index contributed by atoms with van der Waals surface area (Å²) in [5, 5.41) is 5.31. The van der Waals surface area contributed by atoms with Gasteiger partial charge in [-0.05, 0) is 55.9 Å². The van der Waals surface area contributed by atoms with E-state index in [0.29, 0.717) is 36.1 Å². The smallest absolute Gasteiger partial charge is 0.228 e. The molecule has 6 rings (SSSR count). The third kappa shape index (κ3) is 4.09. The van der Waals surface area contributed by atoms with Gasteiger partial charge in [0, 0.05) is 35.8 Å². The molecule has 3 N–H and O–H groups in total. The van der Waals surface area contributed by atoms with Crippen molar-refractivity contribution in [2.75, 3.05) is 23.7 Å². The number of anilines is 2. The topological polar surface area (TPSA) is 115 Å². The maximum Gasteiger partial charge on any atom is 0.228 e. The molecule has 0 unspecified atom stereocenters. The van der Waals surface area contributed by atoms with Crippen LogP contribution in [0.2, 0.25) is 0 Å². The van der Waals surface area contributed by atoms with Crippen molar-refractivity contribution in [3.05, 3.63) is 46.8 Å². The Morgan fingerprint density at radius 2 is 2.11 bits per heavy atom. The molecule has 1 aliphatic heterocycles. The monoisotopic (exact) mass is 502 g/mol. The molecule has 10 heteroatoms. The van der Waals surface area contributed by atoms with Gasteiger partial charge in [0.1, 0.15) is 11.8 Å². The Bertz CT molecular complexity index is 1430. The molecule has 2 aliphatic rings. The van der Waals surface area contributed by atoms with Crippen molar-refractivity contribution in [2.45, 2.75) is 52.1 Å². The number of amides is 1. The van der Waals surface area contributed by atoms with E-state index in [4.69, 9.17) is 5.73 Å². The minimum absolute atomic E-state index is 0.174. The van der Waals surface area contributed by atoms with Crippen molar-refractivity contribution < 1.29 is 4.79 Å². The number of nitrogens with two attached hydrogens (primary N) is 1. The van der Waals surface area contributed by atoms with E-state index in [1.165, 1.54) is 17.5 Å². The van der Waals surface area contributed by atoms with Crippen molar-refractivity contribution in [3.63, 3.8) is 0 Å². The van der Waals surface area contributed by atoms with Gasteiger partial charge in [0.25, 0.3) is 0 Å². The average molecular weight is 503 g/mol. The Kier molecular flexibility index (Phi) is 5.63. The van der Waals surface area contributed by atoms with Gasteiger partial charge in [-0.1, -0.05) is 6.92 Å². The van der Waals surface area contributed by atoms with Crippen LogP contribution in [0.5, 0.6) is 0 Å². The van der Waals surface area contributed by atoms with Crippen molar-refractivity contribution in [1.82, 2.24) is 29.8 Å². The fraction of sp³-hybridized carbons (Fsp3) is 0.423. The highest BCUT2D eigenvalue weighted by Crippen LogP contribution is 2.39. The number of benzene rings is 1. The quantitative estimate of drug-likeness (QED) is 0.396. The van der Waals surface area contributed by atoms with Gasteiger partial charge < -0.3 is 20.5 Å². The number of rotatable bonds is 7. The van der Waals surface area contributed by atoms with Crippen molar-refractivity contribution in [3.8, 4) is 11.3 Å². The van der Waals surface area contributed by atoms with E-state index in [2.05, 4.69) is 61.5 Å². The number of hydrogen-bond donors (Lipinski definition) is 2. The summed E-state index contributed by atoms with van der Waals surface area (Å²) in [7, 11) is 0. The summed E-state index contributed by atoms with van der Waals surface area (Å²) >= 11 is 1.60. The van der Waals surface area contributed by atoms with Crippen LogP contribution in [-0.2, 0) is 17.8 Å². The van der Waals surface area contributed by atoms with Crippen LogP contribution in [0.3, 0.4) is 0 Å². The summed E-state index contributed by atoms with van der Waals surface area (Å²) in [6.45, 7) is 6.38. The molecule has 36 heavy (non-hydrogen) atoms. The summed E-state index contributed by atoms with van der Waals surface area (Å²) in [5.41, 5.74) is 14.5. The molecule has 2 fully saturated rings. The van der Waals surface area contributed by atoms with E-state index >= 15 is 0 Å². The van der Waals surface area contributed by atoms with Crippen LogP contribution in [-0.4, -0.2) is 49.5 Å². The number of nitrogen functional groups attached to an aromatic ring is 1. The first kappa shape index (κ1) is 22.9. The Hall–Kier alpha value is -3.53. The lowest BCUT2D eigenvalue weighted by atomic mass is 9.88. The molecule has 3 aromatic heterocycles. The summed E-state index contributed by atoms with van der Waals surface area (Å²) < 4.78 is 2.03. The molecule has 1 saturated carbocycles. The van der Waals surface area contributed by atoms with Gasteiger partial charge in [0.2, 0.25) is 5.91 Å². The predicted octanol–water partition coefficient (Wildman–Crippen LogP) is 3.64.